The van der Waals surface area contributed by atoms with Crippen LogP contribution in [0.15, 0.2) is 12.4 Å². The third-order valence-corrected chi connectivity index (χ3v) is 2.17. The number of carbonyl (C=O) groups excluding carboxylic acids is 1. The molecule has 1 aromatic rings. The average molecular weight is 255 g/mol. The Morgan fingerprint density at radius 1 is 1.22 bits per heavy atom. The van der Waals surface area contributed by atoms with Crippen molar-refractivity contribution in [2.45, 2.75) is 25.8 Å². The summed E-state index contributed by atoms with van der Waals surface area (Å²) in [5, 5.41) is 21.1. The van der Waals surface area contributed by atoms with E-state index in [1.165, 1.54) is 0 Å². The smallest absolute Gasteiger partial charge is 0.314 e. The lowest BCUT2D eigenvalue weighted by Crippen LogP contribution is -2.36. The van der Waals surface area contributed by atoms with E-state index in [4.69, 9.17) is 5.11 Å². The van der Waals surface area contributed by atoms with Gasteiger partial charge >= 0.3 is 12.0 Å². The normalized spacial score (nSPS) is 10.0. The quantitative estimate of drug-likeness (QED) is 0.559. The number of aryl methyl sites for hydroxylation is 1. The van der Waals surface area contributed by atoms with Gasteiger partial charge in [0, 0.05) is 32.3 Å². The predicted molar refractivity (Wildman–Crippen MR) is 62.9 cm³/mol. The average Bonchev–Trinajstić information content (AvgIpc) is 2.83. The van der Waals surface area contributed by atoms with Crippen molar-refractivity contribution < 1.29 is 14.7 Å². The maximum atomic E-state index is 11.2. The topological polar surface area (TPSA) is 109 Å². The van der Waals surface area contributed by atoms with E-state index in [2.05, 4.69) is 20.9 Å². The SMILES string of the molecule is O=C(O)CCCNC(=O)NCCCn1ccnn1. The second-order valence-electron chi connectivity index (χ2n) is 3.70. The molecule has 0 saturated carbocycles. The van der Waals surface area contributed by atoms with Crippen LogP contribution in [0.4, 0.5) is 4.79 Å². The monoisotopic (exact) mass is 255 g/mol. The molecule has 100 valence electrons. The molecule has 0 radical (unpaired) electrons. The van der Waals surface area contributed by atoms with Crippen LogP contribution in [0.1, 0.15) is 19.3 Å². The molecule has 3 N–H and O–H groups in total. The first kappa shape index (κ1) is 13.9. The molecule has 18 heavy (non-hydrogen) atoms. The van der Waals surface area contributed by atoms with E-state index in [1.807, 2.05) is 0 Å². The summed E-state index contributed by atoms with van der Waals surface area (Å²) >= 11 is 0. The molecule has 0 bridgehead atoms. The van der Waals surface area contributed by atoms with Crippen LogP contribution in [0.5, 0.6) is 0 Å². The number of carbonyl (C=O) groups is 2. The van der Waals surface area contributed by atoms with Crippen molar-refractivity contribution in [3.63, 3.8) is 0 Å². The number of nitrogens with one attached hydrogen (secondary N) is 2. The Hall–Kier alpha value is -2.12. The number of carboxylic acid groups (broad SMARTS) is 1. The Morgan fingerprint density at radius 2 is 1.94 bits per heavy atom. The molecule has 0 fully saturated rings. The van der Waals surface area contributed by atoms with Gasteiger partial charge in [-0.05, 0) is 12.8 Å². The molecule has 0 aliphatic heterocycles. The summed E-state index contributed by atoms with van der Waals surface area (Å²) in [7, 11) is 0. The molecular weight excluding hydrogens is 238 g/mol. The van der Waals surface area contributed by atoms with Crippen molar-refractivity contribution in [2.24, 2.45) is 0 Å². The van der Waals surface area contributed by atoms with Gasteiger partial charge in [0.2, 0.25) is 0 Å². The van der Waals surface area contributed by atoms with Gasteiger partial charge in [-0.15, -0.1) is 5.10 Å². The number of carboxylic acids is 1. The number of aliphatic carboxylic acids is 1. The maximum absolute atomic E-state index is 11.2. The molecule has 0 aliphatic rings. The van der Waals surface area contributed by atoms with Gasteiger partial charge < -0.3 is 15.7 Å². The fraction of sp³-hybridized carbons (Fsp3) is 0.600. The highest BCUT2D eigenvalue weighted by molar-refractivity contribution is 5.73. The van der Waals surface area contributed by atoms with E-state index in [0.717, 1.165) is 6.42 Å². The second-order valence-corrected chi connectivity index (χ2v) is 3.70. The van der Waals surface area contributed by atoms with Gasteiger partial charge in [0.1, 0.15) is 0 Å². The summed E-state index contributed by atoms with van der Waals surface area (Å²) in [4.78, 5) is 21.5. The van der Waals surface area contributed by atoms with Gasteiger partial charge in [-0.1, -0.05) is 5.21 Å². The highest BCUT2D eigenvalue weighted by Gasteiger charge is 2.00. The molecule has 0 unspecified atom stereocenters. The largest absolute Gasteiger partial charge is 0.481 e. The minimum absolute atomic E-state index is 0.0621. The minimum atomic E-state index is -0.856. The van der Waals surface area contributed by atoms with Crippen LogP contribution < -0.4 is 10.6 Å². The molecule has 0 aromatic carbocycles. The molecular formula is C10H17N5O3. The lowest BCUT2D eigenvalue weighted by molar-refractivity contribution is -0.137. The molecule has 1 heterocycles. The lowest BCUT2D eigenvalue weighted by Gasteiger charge is -2.06. The van der Waals surface area contributed by atoms with Gasteiger partial charge in [0.05, 0.1) is 6.20 Å². The Balaban J connectivity index is 1.95. The van der Waals surface area contributed by atoms with Gasteiger partial charge in [-0.2, -0.15) is 0 Å². The lowest BCUT2D eigenvalue weighted by atomic mass is 10.3. The van der Waals surface area contributed by atoms with Crippen molar-refractivity contribution in [2.75, 3.05) is 13.1 Å². The summed E-state index contributed by atoms with van der Waals surface area (Å²) < 4.78 is 1.69. The molecule has 8 heteroatoms. The molecule has 2 amide bonds. The molecule has 8 nitrogen and oxygen atoms in total. The molecule has 1 rings (SSSR count). The summed E-state index contributed by atoms with van der Waals surface area (Å²) in [6.45, 7) is 1.59. The number of hydrogen-bond acceptors (Lipinski definition) is 4. The van der Waals surface area contributed by atoms with Gasteiger partial charge in [0.25, 0.3) is 0 Å². The first-order valence-electron chi connectivity index (χ1n) is 5.76. The van der Waals surface area contributed by atoms with Crippen molar-refractivity contribution in [3.8, 4) is 0 Å². The van der Waals surface area contributed by atoms with Gasteiger partial charge in [-0.3, -0.25) is 9.48 Å². The molecule has 1 aromatic heterocycles. The summed E-state index contributed by atoms with van der Waals surface area (Å²) in [6, 6.07) is -0.279. The van der Waals surface area contributed by atoms with Crippen molar-refractivity contribution in [1.82, 2.24) is 25.6 Å². The first-order chi connectivity index (χ1) is 8.68. The number of aromatic nitrogens is 3. The second kappa shape index (κ2) is 8.04. The van der Waals surface area contributed by atoms with Crippen LogP contribution in [0.25, 0.3) is 0 Å². The van der Waals surface area contributed by atoms with Crippen LogP contribution in [0.2, 0.25) is 0 Å². The molecule has 0 saturated heterocycles. The van der Waals surface area contributed by atoms with Crippen molar-refractivity contribution >= 4 is 12.0 Å². The maximum Gasteiger partial charge on any atom is 0.314 e. The van der Waals surface area contributed by atoms with E-state index in [1.54, 1.807) is 17.1 Å². The zero-order chi connectivity index (χ0) is 13.2. The number of amides is 2. The Morgan fingerprint density at radius 3 is 2.56 bits per heavy atom. The highest BCUT2D eigenvalue weighted by atomic mass is 16.4. The number of nitrogens with zero attached hydrogens (tertiary/aromatic N) is 3. The van der Waals surface area contributed by atoms with E-state index in [9.17, 15) is 9.59 Å². The van der Waals surface area contributed by atoms with E-state index in [0.29, 0.717) is 26.1 Å². The van der Waals surface area contributed by atoms with Crippen LogP contribution in [-0.4, -0.2) is 45.2 Å². The Labute approximate surface area is 104 Å². The number of urea groups is 1. The van der Waals surface area contributed by atoms with Crippen LogP contribution >= 0.6 is 0 Å². The fourth-order valence-corrected chi connectivity index (χ4v) is 1.30. The number of hydrogen-bond donors (Lipinski definition) is 3. The third-order valence-electron chi connectivity index (χ3n) is 2.17. The van der Waals surface area contributed by atoms with E-state index < -0.39 is 5.97 Å². The summed E-state index contributed by atoms with van der Waals surface area (Å²) in [6.07, 6.45) is 4.61. The zero-order valence-electron chi connectivity index (χ0n) is 10.0. The van der Waals surface area contributed by atoms with Gasteiger partial charge in [-0.25, -0.2) is 4.79 Å². The standard InChI is InChI=1S/C10H17N5O3/c16-9(17)3-1-4-11-10(18)12-5-2-7-15-8-6-13-14-15/h6,8H,1-5,7H2,(H,16,17)(H2,11,12,18). The van der Waals surface area contributed by atoms with Gasteiger partial charge in [0.15, 0.2) is 0 Å². The Kier molecular flexibility index (Phi) is 6.23. The van der Waals surface area contributed by atoms with Crippen molar-refractivity contribution in [1.29, 1.82) is 0 Å². The summed E-state index contributed by atoms with van der Waals surface area (Å²) in [5.41, 5.74) is 0. The highest BCUT2D eigenvalue weighted by Crippen LogP contribution is 1.87. The first-order valence-corrected chi connectivity index (χ1v) is 5.76. The summed E-state index contributed by atoms with van der Waals surface area (Å²) in [5.74, 6) is -0.856. The van der Waals surface area contributed by atoms with E-state index >= 15 is 0 Å². The molecule has 0 atom stereocenters. The fourth-order valence-electron chi connectivity index (χ4n) is 1.30. The van der Waals surface area contributed by atoms with Crippen molar-refractivity contribution in [3.05, 3.63) is 12.4 Å². The van der Waals surface area contributed by atoms with Crippen LogP contribution in [0.3, 0.4) is 0 Å². The molecule has 0 spiro atoms. The minimum Gasteiger partial charge on any atom is -0.481 e. The zero-order valence-corrected chi connectivity index (χ0v) is 10.0. The molecule has 0 aliphatic carbocycles. The third kappa shape index (κ3) is 6.46. The predicted octanol–water partition coefficient (Wildman–Crippen LogP) is -0.168. The van der Waals surface area contributed by atoms with Crippen LogP contribution in [0, 0.1) is 0 Å². The van der Waals surface area contributed by atoms with Crippen LogP contribution in [-0.2, 0) is 11.3 Å². The Bertz CT molecular complexity index is 366. The number of rotatable bonds is 8. The van der Waals surface area contributed by atoms with E-state index in [-0.39, 0.29) is 12.5 Å².